The SMILES string of the molecule is O=C(CCN(Cc1cccc2ccccc12)C1CC1)Nc1cccc(O)c1. The van der Waals surface area contributed by atoms with Crippen LogP contribution in [0, 0.1) is 0 Å². The number of nitrogens with one attached hydrogen (secondary N) is 1. The minimum Gasteiger partial charge on any atom is -0.508 e. The van der Waals surface area contributed by atoms with E-state index in [0.717, 1.165) is 13.1 Å². The average molecular weight is 360 g/mol. The standard InChI is InChI=1S/C23H24N2O2/c26-21-9-4-8-19(15-21)24-23(27)13-14-25(20-11-12-20)16-18-7-3-6-17-5-1-2-10-22(17)18/h1-10,15,20,26H,11-14,16H2,(H,24,27). The number of anilines is 1. The van der Waals surface area contributed by atoms with Crippen LogP contribution in [0.15, 0.2) is 66.7 Å². The first kappa shape index (κ1) is 17.6. The highest BCUT2D eigenvalue weighted by molar-refractivity contribution is 5.91. The van der Waals surface area contributed by atoms with E-state index in [1.807, 2.05) is 0 Å². The van der Waals surface area contributed by atoms with Gasteiger partial charge in [0.2, 0.25) is 5.91 Å². The maximum absolute atomic E-state index is 12.3. The summed E-state index contributed by atoms with van der Waals surface area (Å²) >= 11 is 0. The summed E-state index contributed by atoms with van der Waals surface area (Å²) in [6.07, 6.45) is 2.86. The largest absolute Gasteiger partial charge is 0.508 e. The molecule has 0 unspecified atom stereocenters. The molecule has 0 radical (unpaired) electrons. The Labute approximate surface area is 159 Å². The minimum absolute atomic E-state index is 0.0239. The van der Waals surface area contributed by atoms with Gasteiger partial charge in [0.1, 0.15) is 5.75 Å². The van der Waals surface area contributed by atoms with E-state index in [0.29, 0.717) is 18.2 Å². The number of benzene rings is 3. The van der Waals surface area contributed by atoms with Gasteiger partial charge in [-0.1, -0.05) is 48.5 Å². The fourth-order valence-corrected chi connectivity index (χ4v) is 3.53. The van der Waals surface area contributed by atoms with Gasteiger partial charge >= 0.3 is 0 Å². The van der Waals surface area contributed by atoms with Crippen molar-refractivity contribution in [3.63, 3.8) is 0 Å². The van der Waals surface area contributed by atoms with Crippen molar-refractivity contribution in [1.29, 1.82) is 0 Å². The highest BCUT2D eigenvalue weighted by Crippen LogP contribution is 2.30. The van der Waals surface area contributed by atoms with Crippen molar-refractivity contribution in [3.8, 4) is 5.75 Å². The van der Waals surface area contributed by atoms with Crippen LogP contribution < -0.4 is 5.32 Å². The molecule has 0 aromatic heterocycles. The van der Waals surface area contributed by atoms with Crippen molar-refractivity contribution in [2.24, 2.45) is 0 Å². The molecule has 1 amide bonds. The predicted molar refractivity (Wildman–Crippen MR) is 109 cm³/mol. The highest BCUT2D eigenvalue weighted by Gasteiger charge is 2.29. The summed E-state index contributed by atoms with van der Waals surface area (Å²) in [5.41, 5.74) is 1.94. The maximum atomic E-state index is 12.3. The van der Waals surface area contributed by atoms with Crippen LogP contribution >= 0.6 is 0 Å². The molecule has 0 saturated heterocycles. The Balaban J connectivity index is 1.40. The molecule has 1 aliphatic rings. The zero-order chi connectivity index (χ0) is 18.6. The number of fused-ring (bicyclic) bond motifs is 1. The molecule has 1 aliphatic carbocycles. The van der Waals surface area contributed by atoms with E-state index in [1.165, 1.54) is 29.2 Å². The van der Waals surface area contributed by atoms with Crippen LogP contribution in [0.25, 0.3) is 10.8 Å². The van der Waals surface area contributed by atoms with Gasteiger partial charge in [-0.05, 0) is 41.3 Å². The van der Waals surface area contributed by atoms with Crippen LogP contribution in [0.4, 0.5) is 5.69 Å². The number of amides is 1. The molecule has 4 nitrogen and oxygen atoms in total. The van der Waals surface area contributed by atoms with E-state index in [4.69, 9.17) is 0 Å². The normalized spacial score (nSPS) is 13.8. The first-order valence-electron chi connectivity index (χ1n) is 9.48. The lowest BCUT2D eigenvalue weighted by molar-refractivity contribution is -0.116. The molecule has 0 bridgehead atoms. The van der Waals surface area contributed by atoms with E-state index in [2.05, 4.69) is 52.7 Å². The molecule has 0 heterocycles. The van der Waals surface area contributed by atoms with Gasteiger partial charge in [-0.2, -0.15) is 0 Å². The summed E-state index contributed by atoms with van der Waals surface area (Å²) in [6, 6.07) is 22.1. The Bertz CT molecular complexity index is 945. The first-order valence-corrected chi connectivity index (χ1v) is 9.48. The van der Waals surface area contributed by atoms with Crippen molar-refractivity contribution in [2.45, 2.75) is 31.8 Å². The van der Waals surface area contributed by atoms with Crippen molar-refractivity contribution < 1.29 is 9.90 Å². The number of phenols is 1. The topological polar surface area (TPSA) is 52.6 Å². The van der Waals surface area contributed by atoms with Gasteiger partial charge in [-0.15, -0.1) is 0 Å². The third-order valence-electron chi connectivity index (χ3n) is 5.07. The van der Waals surface area contributed by atoms with Gasteiger partial charge < -0.3 is 10.4 Å². The molecule has 0 atom stereocenters. The number of phenolic OH excluding ortho intramolecular Hbond substituents is 1. The number of nitrogens with zero attached hydrogens (tertiary/aromatic N) is 1. The van der Waals surface area contributed by atoms with Crippen LogP contribution in [-0.4, -0.2) is 28.5 Å². The fraction of sp³-hybridized carbons (Fsp3) is 0.261. The Morgan fingerprint density at radius 2 is 1.81 bits per heavy atom. The van der Waals surface area contributed by atoms with E-state index in [1.54, 1.807) is 24.3 Å². The van der Waals surface area contributed by atoms with Crippen molar-refractivity contribution in [1.82, 2.24) is 4.90 Å². The fourth-order valence-electron chi connectivity index (χ4n) is 3.53. The third-order valence-corrected chi connectivity index (χ3v) is 5.07. The predicted octanol–water partition coefficient (Wildman–Crippen LogP) is 4.54. The third kappa shape index (κ3) is 4.47. The monoisotopic (exact) mass is 360 g/mol. The lowest BCUT2D eigenvalue weighted by Gasteiger charge is -2.22. The van der Waals surface area contributed by atoms with E-state index < -0.39 is 0 Å². The second kappa shape index (κ2) is 7.80. The van der Waals surface area contributed by atoms with E-state index >= 15 is 0 Å². The Morgan fingerprint density at radius 3 is 2.63 bits per heavy atom. The van der Waals surface area contributed by atoms with E-state index in [-0.39, 0.29) is 11.7 Å². The molecule has 4 heteroatoms. The zero-order valence-electron chi connectivity index (χ0n) is 15.3. The number of carbonyl (C=O) groups excluding carboxylic acids is 1. The van der Waals surface area contributed by atoms with Crippen molar-refractivity contribution >= 4 is 22.4 Å². The maximum Gasteiger partial charge on any atom is 0.225 e. The average Bonchev–Trinajstić information content (AvgIpc) is 3.50. The molecule has 27 heavy (non-hydrogen) atoms. The van der Waals surface area contributed by atoms with Gasteiger partial charge in [0.15, 0.2) is 0 Å². The van der Waals surface area contributed by atoms with Gasteiger partial charge in [0.25, 0.3) is 0 Å². The van der Waals surface area contributed by atoms with Crippen LogP contribution in [0.5, 0.6) is 5.75 Å². The van der Waals surface area contributed by atoms with Crippen LogP contribution in [0.3, 0.4) is 0 Å². The first-order chi connectivity index (χ1) is 13.2. The number of hydrogen-bond donors (Lipinski definition) is 2. The van der Waals surface area contributed by atoms with E-state index in [9.17, 15) is 9.90 Å². The molecule has 1 saturated carbocycles. The summed E-state index contributed by atoms with van der Waals surface area (Å²) in [5.74, 6) is 0.132. The van der Waals surface area contributed by atoms with Gasteiger partial charge in [-0.3, -0.25) is 9.69 Å². The molecule has 3 aromatic rings. The Hall–Kier alpha value is -2.85. The molecule has 138 valence electrons. The number of hydrogen-bond acceptors (Lipinski definition) is 3. The summed E-state index contributed by atoms with van der Waals surface area (Å²) in [4.78, 5) is 14.7. The molecular formula is C23H24N2O2. The molecule has 3 aromatic carbocycles. The van der Waals surface area contributed by atoms with Gasteiger partial charge in [0.05, 0.1) is 0 Å². The molecule has 1 fully saturated rings. The lowest BCUT2D eigenvalue weighted by Crippen LogP contribution is -2.29. The minimum atomic E-state index is -0.0239. The number of rotatable bonds is 7. The zero-order valence-corrected chi connectivity index (χ0v) is 15.3. The van der Waals surface area contributed by atoms with Gasteiger partial charge in [0, 0.05) is 37.3 Å². The molecule has 0 spiro atoms. The second-order valence-corrected chi connectivity index (χ2v) is 7.19. The highest BCUT2D eigenvalue weighted by atomic mass is 16.3. The second-order valence-electron chi connectivity index (χ2n) is 7.19. The lowest BCUT2D eigenvalue weighted by atomic mass is 10.0. The van der Waals surface area contributed by atoms with Crippen LogP contribution in [0.1, 0.15) is 24.8 Å². The molecular weight excluding hydrogens is 336 g/mol. The van der Waals surface area contributed by atoms with Crippen LogP contribution in [-0.2, 0) is 11.3 Å². The van der Waals surface area contributed by atoms with Crippen molar-refractivity contribution in [3.05, 3.63) is 72.3 Å². The molecule has 4 rings (SSSR count). The molecule has 2 N–H and O–H groups in total. The van der Waals surface area contributed by atoms with Gasteiger partial charge in [-0.25, -0.2) is 0 Å². The number of carbonyl (C=O) groups is 1. The Kier molecular flexibility index (Phi) is 5.07. The summed E-state index contributed by atoms with van der Waals surface area (Å²) in [6.45, 7) is 1.60. The summed E-state index contributed by atoms with van der Waals surface area (Å²) < 4.78 is 0. The smallest absolute Gasteiger partial charge is 0.225 e. The van der Waals surface area contributed by atoms with Crippen molar-refractivity contribution in [2.75, 3.05) is 11.9 Å². The molecule has 0 aliphatic heterocycles. The summed E-state index contributed by atoms with van der Waals surface area (Å²) in [7, 11) is 0. The Morgan fingerprint density at radius 1 is 1.04 bits per heavy atom. The van der Waals surface area contributed by atoms with Crippen LogP contribution in [0.2, 0.25) is 0 Å². The summed E-state index contributed by atoms with van der Waals surface area (Å²) in [5, 5.41) is 14.9. The quantitative estimate of drug-likeness (QED) is 0.650. The number of aromatic hydroxyl groups is 1.